The minimum atomic E-state index is -0.272. The van der Waals surface area contributed by atoms with E-state index in [1.165, 1.54) is 17.7 Å². The maximum Gasteiger partial charge on any atom is 0.223 e. The molecule has 0 aliphatic carbocycles. The molecule has 0 spiro atoms. The zero-order valence-corrected chi connectivity index (χ0v) is 19.5. The van der Waals surface area contributed by atoms with Gasteiger partial charge in [0.25, 0.3) is 0 Å². The molecule has 34 heavy (non-hydrogen) atoms. The fourth-order valence-electron chi connectivity index (χ4n) is 4.68. The van der Waals surface area contributed by atoms with Gasteiger partial charge >= 0.3 is 0 Å². The second-order valence-corrected chi connectivity index (χ2v) is 8.96. The Balaban J connectivity index is 1.36. The van der Waals surface area contributed by atoms with Crippen molar-refractivity contribution in [3.8, 4) is 5.75 Å². The van der Waals surface area contributed by atoms with Crippen LogP contribution in [0.15, 0.2) is 66.7 Å². The van der Waals surface area contributed by atoms with Crippen LogP contribution in [0.5, 0.6) is 5.75 Å². The van der Waals surface area contributed by atoms with Crippen LogP contribution in [0.1, 0.15) is 34.9 Å². The second kappa shape index (κ2) is 9.29. The second-order valence-electron chi connectivity index (χ2n) is 8.96. The van der Waals surface area contributed by atoms with Gasteiger partial charge < -0.3 is 14.2 Å². The SMILES string of the molecule is Cc1cccc(OCCn2c(C3CC(=O)N(Cc4ccc(F)cc4)C3)nc3ccccc32)c1C. The number of para-hydroxylation sites is 2. The van der Waals surface area contributed by atoms with Crippen LogP contribution in [0.25, 0.3) is 11.0 Å². The lowest BCUT2D eigenvalue weighted by Crippen LogP contribution is -2.24. The first kappa shape index (κ1) is 22.1. The molecule has 174 valence electrons. The van der Waals surface area contributed by atoms with Gasteiger partial charge in [0.05, 0.1) is 17.6 Å². The van der Waals surface area contributed by atoms with E-state index in [1.807, 2.05) is 35.2 Å². The molecule has 1 aromatic heterocycles. The highest BCUT2D eigenvalue weighted by Crippen LogP contribution is 2.31. The molecule has 1 atom stereocenters. The molecule has 1 aliphatic heterocycles. The van der Waals surface area contributed by atoms with Crippen LogP contribution < -0.4 is 4.74 Å². The van der Waals surface area contributed by atoms with Crippen LogP contribution in [0.4, 0.5) is 4.39 Å². The first-order valence-corrected chi connectivity index (χ1v) is 11.7. The largest absolute Gasteiger partial charge is 0.491 e. The number of aromatic nitrogens is 2. The number of fused-ring (bicyclic) bond motifs is 1. The maximum atomic E-state index is 13.3. The Labute approximate surface area is 198 Å². The number of likely N-dealkylation sites (tertiary alicyclic amines) is 1. The first-order chi connectivity index (χ1) is 16.5. The fourth-order valence-corrected chi connectivity index (χ4v) is 4.68. The van der Waals surface area contributed by atoms with Crippen molar-refractivity contribution in [3.05, 3.63) is 95.1 Å². The van der Waals surface area contributed by atoms with E-state index in [0.29, 0.717) is 32.7 Å². The number of aryl methyl sites for hydroxylation is 1. The molecule has 5 rings (SSSR count). The number of carbonyl (C=O) groups excluding carboxylic acids is 1. The molecule has 1 amide bonds. The van der Waals surface area contributed by atoms with Crippen molar-refractivity contribution in [3.63, 3.8) is 0 Å². The Hall–Kier alpha value is -3.67. The number of hydrogen-bond acceptors (Lipinski definition) is 3. The van der Waals surface area contributed by atoms with Crippen LogP contribution in [0, 0.1) is 19.7 Å². The zero-order chi connectivity index (χ0) is 23.7. The van der Waals surface area contributed by atoms with Gasteiger partial charge in [-0.15, -0.1) is 0 Å². The van der Waals surface area contributed by atoms with Gasteiger partial charge in [0.15, 0.2) is 0 Å². The van der Waals surface area contributed by atoms with E-state index in [0.717, 1.165) is 33.7 Å². The van der Waals surface area contributed by atoms with E-state index >= 15 is 0 Å². The Morgan fingerprint density at radius 1 is 1.03 bits per heavy atom. The Morgan fingerprint density at radius 3 is 2.65 bits per heavy atom. The molecule has 0 radical (unpaired) electrons. The molecule has 1 aliphatic rings. The lowest BCUT2D eigenvalue weighted by atomic mass is 10.1. The van der Waals surface area contributed by atoms with Crippen molar-refractivity contribution in [1.29, 1.82) is 0 Å². The van der Waals surface area contributed by atoms with E-state index < -0.39 is 0 Å². The number of benzene rings is 3. The molecule has 0 N–H and O–H groups in total. The molecule has 2 heterocycles. The van der Waals surface area contributed by atoms with Gasteiger partial charge in [-0.3, -0.25) is 4.79 Å². The van der Waals surface area contributed by atoms with Gasteiger partial charge in [0.2, 0.25) is 5.91 Å². The van der Waals surface area contributed by atoms with E-state index in [9.17, 15) is 9.18 Å². The van der Waals surface area contributed by atoms with Crippen molar-refractivity contribution in [2.75, 3.05) is 13.2 Å². The number of nitrogens with zero attached hydrogens (tertiary/aromatic N) is 3. The standard InChI is InChI=1S/C28H28FN3O2/c1-19-6-5-9-26(20(19)2)34-15-14-32-25-8-4-3-7-24(25)30-28(32)22-16-27(33)31(18-22)17-21-10-12-23(29)13-11-21/h3-13,22H,14-18H2,1-2H3. The summed E-state index contributed by atoms with van der Waals surface area (Å²) in [7, 11) is 0. The van der Waals surface area contributed by atoms with E-state index in [2.05, 4.69) is 30.5 Å². The van der Waals surface area contributed by atoms with Crippen molar-refractivity contribution in [1.82, 2.24) is 14.5 Å². The van der Waals surface area contributed by atoms with Crippen LogP contribution in [0.3, 0.4) is 0 Å². The Morgan fingerprint density at radius 2 is 1.82 bits per heavy atom. The first-order valence-electron chi connectivity index (χ1n) is 11.7. The molecular formula is C28H28FN3O2. The van der Waals surface area contributed by atoms with Gasteiger partial charge in [0.1, 0.15) is 24.0 Å². The zero-order valence-electron chi connectivity index (χ0n) is 19.5. The lowest BCUT2D eigenvalue weighted by Gasteiger charge is -2.18. The predicted molar refractivity (Wildman–Crippen MR) is 130 cm³/mol. The van der Waals surface area contributed by atoms with E-state index in [4.69, 9.17) is 9.72 Å². The topological polar surface area (TPSA) is 47.4 Å². The number of rotatable bonds is 7. The van der Waals surface area contributed by atoms with Crippen molar-refractivity contribution in [2.24, 2.45) is 0 Å². The summed E-state index contributed by atoms with van der Waals surface area (Å²) in [4.78, 5) is 19.6. The molecule has 6 heteroatoms. The number of imidazole rings is 1. The molecule has 4 aromatic rings. The number of hydrogen-bond donors (Lipinski definition) is 0. The highest BCUT2D eigenvalue weighted by atomic mass is 19.1. The summed E-state index contributed by atoms with van der Waals surface area (Å²) in [5.74, 6) is 1.64. The monoisotopic (exact) mass is 457 g/mol. The number of carbonyl (C=O) groups is 1. The molecule has 0 saturated carbocycles. The molecule has 1 unspecified atom stereocenters. The van der Waals surface area contributed by atoms with E-state index in [1.54, 1.807) is 12.1 Å². The summed E-state index contributed by atoms with van der Waals surface area (Å²) in [6.07, 6.45) is 0.419. The molecule has 5 nitrogen and oxygen atoms in total. The minimum absolute atomic E-state index is 0.000976. The van der Waals surface area contributed by atoms with Gasteiger partial charge in [-0.05, 0) is 60.9 Å². The smallest absolute Gasteiger partial charge is 0.223 e. The summed E-state index contributed by atoms with van der Waals surface area (Å²) < 4.78 is 21.6. The number of halogens is 1. The summed E-state index contributed by atoms with van der Waals surface area (Å²) in [6.45, 7) is 6.38. The third-order valence-electron chi connectivity index (χ3n) is 6.68. The van der Waals surface area contributed by atoms with Crippen LogP contribution in [-0.4, -0.2) is 33.5 Å². The fraction of sp³-hybridized carbons (Fsp3) is 0.286. The molecule has 0 bridgehead atoms. The lowest BCUT2D eigenvalue weighted by molar-refractivity contribution is -0.128. The van der Waals surface area contributed by atoms with Crippen LogP contribution in [0.2, 0.25) is 0 Å². The summed E-state index contributed by atoms with van der Waals surface area (Å²) >= 11 is 0. The molecule has 3 aromatic carbocycles. The van der Waals surface area contributed by atoms with E-state index in [-0.39, 0.29) is 17.6 Å². The van der Waals surface area contributed by atoms with Crippen molar-refractivity contribution < 1.29 is 13.9 Å². The van der Waals surface area contributed by atoms with Crippen LogP contribution >= 0.6 is 0 Å². The van der Waals surface area contributed by atoms with Crippen molar-refractivity contribution >= 4 is 16.9 Å². The van der Waals surface area contributed by atoms with Gasteiger partial charge in [-0.2, -0.15) is 0 Å². The van der Waals surface area contributed by atoms with Gasteiger partial charge in [-0.1, -0.05) is 36.4 Å². The summed E-state index contributed by atoms with van der Waals surface area (Å²) in [6, 6.07) is 20.5. The third-order valence-corrected chi connectivity index (χ3v) is 6.68. The molecule has 1 fully saturated rings. The predicted octanol–water partition coefficient (Wildman–Crippen LogP) is 5.39. The summed E-state index contributed by atoms with van der Waals surface area (Å²) in [5, 5.41) is 0. The minimum Gasteiger partial charge on any atom is -0.491 e. The molecule has 1 saturated heterocycles. The normalized spacial score (nSPS) is 15.9. The summed E-state index contributed by atoms with van der Waals surface area (Å²) in [5.41, 5.74) is 5.25. The van der Waals surface area contributed by atoms with Gasteiger partial charge in [0, 0.05) is 25.4 Å². The highest BCUT2D eigenvalue weighted by molar-refractivity contribution is 5.81. The van der Waals surface area contributed by atoms with Gasteiger partial charge in [-0.25, -0.2) is 9.37 Å². The average Bonchev–Trinajstić information content (AvgIpc) is 3.38. The van der Waals surface area contributed by atoms with Crippen LogP contribution in [-0.2, 0) is 17.9 Å². The Bertz CT molecular complexity index is 1330. The Kier molecular flexibility index (Phi) is 6.05. The highest BCUT2D eigenvalue weighted by Gasteiger charge is 2.34. The number of ether oxygens (including phenoxy) is 1. The number of amides is 1. The average molecular weight is 458 g/mol. The third kappa shape index (κ3) is 4.40. The quantitative estimate of drug-likeness (QED) is 0.374. The van der Waals surface area contributed by atoms with Crippen molar-refractivity contribution in [2.45, 2.75) is 39.3 Å². The molecular weight excluding hydrogens is 429 g/mol. The maximum absolute atomic E-state index is 13.3.